The van der Waals surface area contributed by atoms with Crippen molar-refractivity contribution in [2.75, 3.05) is 17.3 Å². The summed E-state index contributed by atoms with van der Waals surface area (Å²) in [6.07, 6.45) is 2.19. The third-order valence-corrected chi connectivity index (χ3v) is 3.67. The first-order valence-electron chi connectivity index (χ1n) is 6.08. The zero-order chi connectivity index (χ0) is 14.5. The van der Waals surface area contributed by atoms with Crippen molar-refractivity contribution in [1.29, 1.82) is 0 Å². The van der Waals surface area contributed by atoms with Gasteiger partial charge in [-0.25, -0.2) is 20.2 Å². The Bertz CT molecular complexity index is 605. The van der Waals surface area contributed by atoms with Crippen LogP contribution in [0.4, 0.5) is 16.0 Å². The van der Waals surface area contributed by atoms with E-state index in [1.165, 1.54) is 18.5 Å². The van der Waals surface area contributed by atoms with Gasteiger partial charge < -0.3 is 10.7 Å². The molecule has 5 nitrogen and oxygen atoms in total. The van der Waals surface area contributed by atoms with E-state index in [0.29, 0.717) is 22.7 Å². The van der Waals surface area contributed by atoms with Gasteiger partial charge in [-0.05, 0) is 52.5 Å². The Balaban J connectivity index is 1.99. The highest BCUT2D eigenvalue weighted by Crippen LogP contribution is 2.25. The summed E-state index contributed by atoms with van der Waals surface area (Å²) in [4.78, 5) is 8.10. The van der Waals surface area contributed by atoms with Crippen LogP contribution in [0.2, 0.25) is 0 Å². The Morgan fingerprint density at radius 3 is 2.75 bits per heavy atom. The van der Waals surface area contributed by atoms with E-state index in [1.54, 1.807) is 6.07 Å². The van der Waals surface area contributed by atoms with Gasteiger partial charge in [-0.3, -0.25) is 0 Å². The molecule has 2 aromatic rings. The number of rotatable bonds is 5. The van der Waals surface area contributed by atoms with Crippen molar-refractivity contribution in [3.05, 3.63) is 45.9 Å². The van der Waals surface area contributed by atoms with Crippen LogP contribution in [0.15, 0.2) is 29.0 Å². The molecule has 0 spiro atoms. The lowest BCUT2D eigenvalue weighted by atomic mass is 10.1. The number of halogens is 2. The van der Waals surface area contributed by atoms with Gasteiger partial charge in [0.15, 0.2) is 5.82 Å². The first-order valence-corrected chi connectivity index (χ1v) is 6.87. The fourth-order valence-corrected chi connectivity index (χ4v) is 2.31. The van der Waals surface area contributed by atoms with Gasteiger partial charge in [0.2, 0.25) is 0 Å². The van der Waals surface area contributed by atoms with Crippen molar-refractivity contribution in [3.63, 3.8) is 0 Å². The number of benzene rings is 1. The zero-order valence-corrected chi connectivity index (χ0v) is 12.5. The summed E-state index contributed by atoms with van der Waals surface area (Å²) < 4.78 is 13.7. The minimum atomic E-state index is -0.212. The second kappa shape index (κ2) is 6.62. The van der Waals surface area contributed by atoms with Gasteiger partial charge in [0.25, 0.3) is 0 Å². The number of anilines is 2. The van der Waals surface area contributed by atoms with Crippen LogP contribution in [-0.2, 0) is 6.42 Å². The SMILES string of the molecule is Cc1cc(F)ccc1CCNc1ncnc(NN)c1Br. The molecule has 0 saturated heterocycles. The minimum absolute atomic E-state index is 0.212. The van der Waals surface area contributed by atoms with Gasteiger partial charge in [0.1, 0.15) is 22.4 Å². The predicted molar refractivity (Wildman–Crippen MR) is 80.9 cm³/mol. The molecule has 2 rings (SSSR count). The maximum Gasteiger partial charge on any atom is 0.159 e. The van der Waals surface area contributed by atoms with Crippen molar-refractivity contribution < 1.29 is 4.39 Å². The smallest absolute Gasteiger partial charge is 0.159 e. The molecule has 1 aromatic carbocycles. The quantitative estimate of drug-likeness (QED) is 0.576. The van der Waals surface area contributed by atoms with Gasteiger partial charge >= 0.3 is 0 Å². The van der Waals surface area contributed by atoms with Gasteiger partial charge in [-0.1, -0.05) is 6.07 Å². The lowest BCUT2D eigenvalue weighted by Crippen LogP contribution is -2.12. The molecule has 0 fully saturated rings. The van der Waals surface area contributed by atoms with E-state index in [0.717, 1.165) is 17.5 Å². The summed E-state index contributed by atoms with van der Waals surface area (Å²) in [5.74, 6) is 6.30. The fraction of sp³-hybridized carbons (Fsp3) is 0.231. The van der Waals surface area contributed by atoms with Gasteiger partial charge in [0.05, 0.1) is 0 Å². The number of hydrazine groups is 1. The second-order valence-electron chi connectivity index (χ2n) is 4.28. The maximum absolute atomic E-state index is 13.0. The lowest BCUT2D eigenvalue weighted by Gasteiger charge is -2.10. The molecule has 1 heterocycles. The lowest BCUT2D eigenvalue weighted by molar-refractivity contribution is 0.625. The summed E-state index contributed by atoms with van der Waals surface area (Å²) in [5, 5.41) is 3.19. The molecule has 0 amide bonds. The molecule has 0 aliphatic heterocycles. The van der Waals surface area contributed by atoms with E-state index in [-0.39, 0.29) is 5.82 Å². The second-order valence-corrected chi connectivity index (χ2v) is 5.07. The number of nitrogens with zero attached hydrogens (tertiary/aromatic N) is 2. The molecule has 0 bridgehead atoms. The maximum atomic E-state index is 13.0. The molecule has 7 heteroatoms. The summed E-state index contributed by atoms with van der Waals surface area (Å²) in [5.41, 5.74) is 4.52. The molecule has 0 unspecified atom stereocenters. The third-order valence-electron chi connectivity index (χ3n) is 2.92. The molecule has 0 saturated carbocycles. The van der Waals surface area contributed by atoms with Crippen molar-refractivity contribution in [1.82, 2.24) is 9.97 Å². The van der Waals surface area contributed by atoms with Gasteiger partial charge in [-0.2, -0.15) is 0 Å². The van der Waals surface area contributed by atoms with E-state index >= 15 is 0 Å². The molecular weight excluding hydrogens is 325 g/mol. The summed E-state index contributed by atoms with van der Waals surface area (Å²) in [7, 11) is 0. The van der Waals surface area contributed by atoms with Crippen LogP contribution in [0.25, 0.3) is 0 Å². The molecule has 0 aliphatic rings. The van der Waals surface area contributed by atoms with Crippen LogP contribution >= 0.6 is 15.9 Å². The average Bonchev–Trinajstić information content (AvgIpc) is 2.43. The fourth-order valence-electron chi connectivity index (χ4n) is 1.85. The largest absolute Gasteiger partial charge is 0.369 e. The monoisotopic (exact) mass is 339 g/mol. The van der Waals surface area contributed by atoms with E-state index in [4.69, 9.17) is 5.84 Å². The number of nitrogens with two attached hydrogens (primary N) is 1. The molecule has 1 aromatic heterocycles. The van der Waals surface area contributed by atoms with Gasteiger partial charge in [-0.15, -0.1) is 0 Å². The first-order chi connectivity index (χ1) is 9.61. The summed E-state index contributed by atoms with van der Waals surface area (Å²) >= 11 is 3.37. The highest BCUT2D eigenvalue weighted by molar-refractivity contribution is 9.10. The van der Waals surface area contributed by atoms with E-state index in [2.05, 4.69) is 36.6 Å². The van der Waals surface area contributed by atoms with Crippen LogP contribution in [0.5, 0.6) is 0 Å². The van der Waals surface area contributed by atoms with Crippen molar-refractivity contribution in [3.8, 4) is 0 Å². The van der Waals surface area contributed by atoms with E-state index in [9.17, 15) is 4.39 Å². The number of hydrogen-bond donors (Lipinski definition) is 3. The Morgan fingerprint density at radius 2 is 2.05 bits per heavy atom. The van der Waals surface area contributed by atoms with E-state index < -0.39 is 0 Å². The number of aryl methyl sites for hydroxylation is 1. The zero-order valence-electron chi connectivity index (χ0n) is 11.0. The Hall–Kier alpha value is -1.73. The average molecular weight is 340 g/mol. The normalized spacial score (nSPS) is 10.4. The molecule has 0 radical (unpaired) electrons. The number of aromatic nitrogens is 2. The number of nitrogens with one attached hydrogen (secondary N) is 2. The molecular formula is C13H15BrFN5. The molecule has 20 heavy (non-hydrogen) atoms. The standard InChI is InChI=1S/C13H15BrFN5/c1-8-6-10(15)3-2-9(8)4-5-17-12-11(14)13(20-16)19-7-18-12/h2-3,6-7H,4-5,16H2,1H3,(H2,17,18,19,20). The van der Waals surface area contributed by atoms with Crippen LogP contribution in [0.1, 0.15) is 11.1 Å². The summed E-state index contributed by atoms with van der Waals surface area (Å²) in [6.45, 7) is 2.57. The highest BCUT2D eigenvalue weighted by atomic mass is 79.9. The highest BCUT2D eigenvalue weighted by Gasteiger charge is 2.07. The van der Waals surface area contributed by atoms with Crippen molar-refractivity contribution in [2.24, 2.45) is 5.84 Å². The van der Waals surface area contributed by atoms with Crippen LogP contribution < -0.4 is 16.6 Å². The minimum Gasteiger partial charge on any atom is -0.369 e. The number of nitrogen functional groups attached to an aromatic ring is 1. The molecule has 0 atom stereocenters. The Morgan fingerprint density at radius 1 is 1.30 bits per heavy atom. The van der Waals surface area contributed by atoms with Crippen LogP contribution in [0, 0.1) is 12.7 Å². The number of hydrogen-bond acceptors (Lipinski definition) is 5. The van der Waals surface area contributed by atoms with E-state index in [1.807, 2.05) is 6.92 Å². The Kier molecular flexibility index (Phi) is 4.86. The van der Waals surface area contributed by atoms with Crippen LogP contribution in [-0.4, -0.2) is 16.5 Å². The Labute approximate surface area is 124 Å². The topological polar surface area (TPSA) is 75.9 Å². The predicted octanol–water partition coefficient (Wildman–Crippen LogP) is 2.63. The van der Waals surface area contributed by atoms with Crippen molar-refractivity contribution in [2.45, 2.75) is 13.3 Å². The molecule has 0 aliphatic carbocycles. The molecule has 4 N–H and O–H groups in total. The first kappa shape index (κ1) is 14.7. The van der Waals surface area contributed by atoms with Gasteiger partial charge in [0, 0.05) is 6.54 Å². The van der Waals surface area contributed by atoms with Crippen LogP contribution in [0.3, 0.4) is 0 Å². The van der Waals surface area contributed by atoms with Crippen molar-refractivity contribution >= 4 is 27.6 Å². The molecule has 106 valence electrons. The summed E-state index contributed by atoms with van der Waals surface area (Å²) in [6, 6.07) is 4.81. The third kappa shape index (κ3) is 3.43.